The van der Waals surface area contributed by atoms with E-state index in [0.29, 0.717) is 11.3 Å². The first-order chi connectivity index (χ1) is 27.1. The summed E-state index contributed by atoms with van der Waals surface area (Å²) in [7, 11) is 0. The van der Waals surface area contributed by atoms with E-state index in [1.54, 1.807) is 0 Å². The van der Waals surface area contributed by atoms with E-state index in [-0.39, 0.29) is 0 Å². The van der Waals surface area contributed by atoms with Gasteiger partial charge in [0, 0.05) is 43.8 Å². The highest BCUT2D eigenvalue weighted by atomic mass is 15.3. The van der Waals surface area contributed by atoms with Crippen LogP contribution in [-0.2, 0) is 0 Å². The van der Waals surface area contributed by atoms with Crippen molar-refractivity contribution in [2.75, 3.05) is 52.4 Å². The molecule has 346 valence electrons. The summed E-state index contributed by atoms with van der Waals surface area (Å²) in [4.78, 5) is 10.6. The topological polar surface area (TPSA) is 13.0 Å². The van der Waals surface area contributed by atoms with Gasteiger partial charge in [-0.25, -0.2) is 0 Å². The van der Waals surface area contributed by atoms with Crippen molar-refractivity contribution < 1.29 is 0 Å². The summed E-state index contributed by atoms with van der Waals surface area (Å²) in [5.74, 6) is 2.38. The van der Waals surface area contributed by atoms with Crippen LogP contribution >= 0.6 is 0 Å². The summed E-state index contributed by atoms with van der Waals surface area (Å²) >= 11 is 0. The van der Waals surface area contributed by atoms with Crippen molar-refractivity contribution in [1.82, 2.24) is 19.6 Å². The van der Waals surface area contributed by atoms with Crippen molar-refractivity contribution in [1.29, 1.82) is 0 Å². The van der Waals surface area contributed by atoms with E-state index in [0.717, 1.165) is 36.0 Å². The molecule has 1 aromatic rings. The van der Waals surface area contributed by atoms with Gasteiger partial charge in [0.2, 0.25) is 0 Å². The SMILES string of the molecule is CC.CC.CC.CC.CC.CC(C)C.CC(C)N1CCC2(CC1)CCN(C(C)C)CC2.CC(C)N1CCN2CCCC2C1.CC(C)c1ccccc1.CCC(C)C. The molecule has 0 aromatic heterocycles. The van der Waals surface area contributed by atoms with E-state index in [4.69, 9.17) is 0 Å². The van der Waals surface area contributed by atoms with E-state index in [1.807, 2.05) is 75.3 Å². The van der Waals surface area contributed by atoms with Crippen molar-refractivity contribution in [2.45, 2.75) is 241 Å². The predicted octanol–water partition coefficient (Wildman–Crippen LogP) is 15.8. The number of piperidine rings is 2. The van der Waals surface area contributed by atoms with Gasteiger partial charge >= 0.3 is 0 Å². The summed E-state index contributed by atoms with van der Waals surface area (Å²) in [6, 6.07) is 13.6. The second kappa shape index (κ2) is 43.2. The normalized spacial score (nSPS) is 18.6. The predicted molar refractivity (Wildman–Crippen MR) is 269 cm³/mol. The van der Waals surface area contributed by atoms with Crippen LogP contribution in [0, 0.1) is 17.3 Å². The molecular formula is C53H114N4. The quantitative estimate of drug-likeness (QED) is 0.294. The Balaban J connectivity index is -0.000000199. The molecule has 4 aliphatic heterocycles. The molecule has 5 rings (SSSR count). The zero-order valence-electron chi connectivity index (χ0n) is 44.3. The maximum atomic E-state index is 2.67. The maximum absolute atomic E-state index is 2.67. The van der Waals surface area contributed by atoms with Gasteiger partial charge in [-0.15, -0.1) is 0 Å². The molecule has 4 aliphatic rings. The van der Waals surface area contributed by atoms with Gasteiger partial charge in [0.1, 0.15) is 0 Å². The fraction of sp³-hybridized carbons (Fsp3) is 0.887. The van der Waals surface area contributed by atoms with Crippen LogP contribution in [0.15, 0.2) is 30.3 Å². The molecule has 57 heavy (non-hydrogen) atoms. The molecule has 4 heteroatoms. The fourth-order valence-corrected chi connectivity index (χ4v) is 6.85. The number of hydrogen-bond donors (Lipinski definition) is 0. The zero-order chi connectivity index (χ0) is 45.6. The Morgan fingerprint density at radius 2 is 0.860 bits per heavy atom. The summed E-state index contributed by atoms with van der Waals surface area (Å²) in [6.45, 7) is 62.1. The zero-order valence-corrected chi connectivity index (χ0v) is 44.3. The van der Waals surface area contributed by atoms with Crippen molar-refractivity contribution >= 4 is 0 Å². The smallest absolute Gasteiger partial charge is 0.0224 e. The van der Waals surface area contributed by atoms with E-state index >= 15 is 0 Å². The highest BCUT2D eigenvalue weighted by molar-refractivity contribution is 5.17. The van der Waals surface area contributed by atoms with E-state index in [2.05, 4.69) is 141 Å². The lowest BCUT2D eigenvalue weighted by molar-refractivity contribution is 0.0168. The molecule has 0 amide bonds. The van der Waals surface area contributed by atoms with Crippen LogP contribution in [0.1, 0.15) is 223 Å². The summed E-state index contributed by atoms with van der Waals surface area (Å²) in [6.07, 6.45) is 9.93. The van der Waals surface area contributed by atoms with Gasteiger partial charge in [0.25, 0.3) is 0 Å². The number of likely N-dealkylation sites (tertiary alicyclic amines) is 2. The number of piperazine rings is 1. The summed E-state index contributed by atoms with van der Waals surface area (Å²) in [5, 5.41) is 0. The lowest BCUT2D eigenvalue weighted by Gasteiger charge is -2.48. The Morgan fingerprint density at radius 3 is 1.14 bits per heavy atom. The molecule has 1 atom stereocenters. The minimum absolute atomic E-state index is 0.659. The van der Waals surface area contributed by atoms with Crippen LogP contribution in [0.2, 0.25) is 0 Å². The van der Waals surface area contributed by atoms with Crippen LogP contribution in [0.5, 0.6) is 0 Å². The molecule has 0 saturated carbocycles. The first-order valence-electron chi connectivity index (χ1n) is 25.1. The van der Waals surface area contributed by atoms with Gasteiger partial charge in [-0.05, 0) is 142 Å². The molecule has 0 bridgehead atoms. The number of fused-ring (bicyclic) bond motifs is 1. The van der Waals surface area contributed by atoms with Crippen LogP contribution in [0.4, 0.5) is 0 Å². The van der Waals surface area contributed by atoms with Gasteiger partial charge in [-0.2, -0.15) is 0 Å². The first-order valence-corrected chi connectivity index (χ1v) is 25.1. The highest BCUT2D eigenvalue weighted by Gasteiger charge is 2.38. The molecule has 1 unspecified atom stereocenters. The second-order valence-corrected chi connectivity index (χ2v) is 17.3. The Kier molecular flexibility index (Phi) is 49.4. The van der Waals surface area contributed by atoms with E-state index in [1.165, 1.54) is 103 Å². The average molecular weight is 808 g/mol. The fourth-order valence-electron chi connectivity index (χ4n) is 6.85. The monoisotopic (exact) mass is 807 g/mol. The van der Waals surface area contributed by atoms with Crippen molar-refractivity contribution in [3.05, 3.63) is 35.9 Å². The van der Waals surface area contributed by atoms with Crippen LogP contribution in [0.25, 0.3) is 0 Å². The lowest BCUT2D eigenvalue weighted by Crippen LogP contribution is -2.52. The maximum Gasteiger partial charge on any atom is 0.0224 e. The minimum atomic E-state index is 0.659. The third-order valence-corrected chi connectivity index (χ3v) is 10.8. The minimum Gasteiger partial charge on any atom is -0.301 e. The first kappa shape index (κ1) is 65.2. The van der Waals surface area contributed by atoms with Gasteiger partial charge in [-0.1, -0.05) is 161 Å². The average Bonchev–Trinajstić information content (AvgIpc) is 3.71. The molecule has 0 aliphatic carbocycles. The molecule has 4 nitrogen and oxygen atoms in total. The summed E-state index contributed by atoms with van der Waals surface area (Å²) in [5.41, 5.74) is 2.12. The molecule has 4 heterocycles. The second-order valence-electron chi connectivity index (χ2n) is 17.3. The van der Waals surface area contributed by atoms with Crippen LogP contribution in [-0.4, -0.2) is 96.1 Å². The van der Waals surface area contributed by atoms with Crippen LogP contribution in [0.3, 0.4) is 0 Å². The van der Waals surface area contributed by atoms with Gasteiger partial charge < -0.3 is 9.80 Å². The Hall–Kier alpha value is -0.940. The van der Waals surface area contributed by atoms with Gasteiger partial charge in [0.15, 0.2) is 0 Å². The van der Waals surface area contributed by atoms with Crippen molar-refractivity contribution in [3.8, 4) is 0 Å². The number of benzene rings is 1. The van der Waals surface area contributed by atoms with E-state index in [9.17, 15) is 0 Å². The molecule has 4 saturated heterocycles. The molecular weight excluding hydrogens is 693 g/mol. The molecule has 0 radical (unpaired) electrons. The van der Waals surface area contributed by atoms with Crippen molar-refractivity contribution in [3.63, 3.8) is 0 Å². The number of nitrogens with zero attached hydrogens (tertiary/aromatic N) is 4. The standard InChI is InChI=1S/C15H30N2.C10H20N2.C9H12.C5H12.C4H10.5C2H6/c1-13(2)16-9-5-15(6-10-16)7-11-17(12-8-15)14(3)4;1-9(2)12-7-6-11-5-3-4-10(11)8-12;1-8(2)9-6-4-3-5-7-9;1-4-5(2)3;1-4(2)3;5*1-2/h13-14H,5-12H2,1-4H3;9-10H,3-8H2,1-2H3;3-8H,1-2H3;5H,4H2,1-3H3;4H,1-3H3;5*1-2H3. The highest BCUT2D eigenvalue weighted by Crippen LogP contribution is 2.41. The Bertz CT molecular complexity index is 830. The summed E-state index contributed by atoms with van der Waals surface area (Å²) < 4.78 is 0. The Morgan fingerprint density at radius 1 is 0.509 bits per heavy atom. The van der Waals surface area contributed by atoms with Gasteiger partial charge in [0.05, 0.1) is 0 Å². The van der Waals surface area contributed by atoms with Crippen LogP contribution < -0.4 is 0 Å². The molecule has 1 aromatic carbocycles. The molecule has 1 spiro atoms. The van der Waals surface area contributed by atoms with Gasteiger partial charge in [-0.3, -0.25) is 9.80 Å². The third kappa shape index (κ3) is 33.5. The largest absolute Gasteiger partial charge is 0.301 e. The molecule has 4 fully saturated rings. The van der Waals surface area contributed by atoms with E-state index < -0.39 is 0 Å². The van der Waals surface area contributed by atoms with Crippen molar-refractivity contribution in [2.24, 2.45) is 17.3 Å². The lowest BCUT2D eigenvalue weighted by atomic mass is 9.71. The number of rotatable bonds is 5. The Labute approximate surface area is 365 Å². The molecule has 0 N–H and O–H groups in total. The number of hydrogen-bond acceptors (Lipinski definition) is 4. The third-order valence-electron chi connectivity index (χ3n) is 10.8.